The maximum absolute atomic E-state index is 13.1. The molecule has 0 saturated heterocycles. The second kappa shape index (κ2) is 73.8. The molecule has 3 unspecified atom stereocenters. The molecule has 17 nitrogen and oxygen atoms in total. The van der Waals surface area contributed by atoms with Crippen molar-refractivity contribution in [3.8, 4) is 0 Å². The van der Waals surface area contributed by atoms with Gasteiger partial charge in [0.15, 0.2) is 12.2 Å². The average Bonchev–Trinajstić information content (AvgIpc) is 1.01. The first-order valence-corrected chi connectivity index (χ1v) is 43.2. The number of hydrogen-bond donors (Lipinski definition) is 3. The van der Waals surface area contributed by atoms with Gasteiger partial charge in [0, 0.05) is 25.7 Å². The van der Waals surface area contributed by atoms with E-state index in [1.165, 1.54) is 103 Å². The van der Waals surface area contributed by atoms with E-state index >= 15 is 0 Å². The number of esters is 4. The molecule has 0 radical (unpaired) electrons. The van der Waals surface area contributed by atoms with Crippen molar-refractivity contribution in [3.05, 3.63) is 72.9 Å². The topological polar surface area (TPSA) is 237 Å². The summed E-state index contributed by atoms with van der Waals surface area (Å²) in [5.74, 6) is -2.19. The van der Waals surface area contributed by atoms with Crippen molar-refractivity contribution >= 4 is 39.5 Å². The number of allylic oxidation sites excluding steroid dienone is 12. The molecule has 0 fully saturated rings. The van der Waals surface area contributed by atoms with Gasteiger partial charge in [-0.3, -0.25) is 37.3 Å². The smallest absolute Gasteiger partial charge is 0.462 e. The number of hydrogen-bond acceptors (Lipinski definition) is 15. The third-order valence-electron chi connectivity index (χ3n) is 17.1. The van der Waals surface area contributed by atoms with Gasteiger partial charge in [-0.15, -0.1) is 0 Å². The minimum atomic E-state index is -4.98. The summed E-state index contributed by atoms with van der Waals surface area (Å²) in [4.78, 5) is 73.0. The van der Waals surface area contributed by atoms with E-state index in [4.69, 9.17) is 37.0 Å². The van der Waals surface area contributed by atoms with Crippen LogP contribution in [0.15, 0.2) is 72.9 Å². The second-order valence-corrected chi connectivity index (χ2v) is 29.9. The maximum Gasteiger partial charge on any atom is 0.472 e. The molecule has 3 N–H and O–H groups in total. The van der Waals surface area contributed by atoms with Gasteiger partial charge in [0.2, 0.25) is 0 Å². The van der Waals surface area contributed by atoms with Crippen molar-refractivity contribution in [1.82, 2.24) is 0 Å². The number of unbranched alkanes of at least 4 members (excludes halogenated alkanes) is 38. The Morgan fingerprint density at radius 3 is 0.780 bits per heavy atom. The molecule has 0 amide bonds. The summed E-state index contributed by atoms with van der Waals surface area (Å²) in [5.41, 5.74) is 0. The SMILES string of the molecule is CCCCCC=CCC=CCCCCCCCC(=O)OC[C@H](COP(=O)(O)OCC(O)COP(=O)(O)OC[C@@H](COC(=O)CCCCCCCC=CCCCCCCCC)OC(=O)CCCCCCCCCC=CCCCCCC)OC(=O)CCCCCCCC=CCC=CCCCCC. The van der Waals surface area contributed by atoms with E-state index in [0.29, 0.717) is 25.7 Å². The highest BCUT2D eigenvalue weighted by molar-refractivity contribution is 7.47. The Labute approximate surface area is 609 Å². The standard InChI is InChI=1S/C81H146O17P2/c1-5-9-13-17-21-25-29-33-37-41-45-49-53-57-61-65-78(83)91-71-76(97-80(85)67-63-59-55-51-47-43-39-35-31-27-23-19-15-11-7-3)73-95-99(87,88)93-69-75(82)70-94-100(89,90)96-74-77(98-81(86)68-64-60-56-52-48-44-40-36-32-28-24-20-16-12-8-4)72-92-79(84)66-62-58-54-50-46-42-38-34-30-26-22-18-14-10-6-2/h21,23,25,27-28,32-35,37-39,75-77,82H,5-20,22,24,26,29-31,36,40-74H2,1-4H3,(H,87,88)(H,89,90)/t75?,76-,77-/m1/s1. The van der Waals surface area contributed by atoms with Gasteiger partial charge in [-0.1, -0.05) is 268 Å². The lowest BCUT2D eigenvalue weighted by Crippen LogP contribution is -2.30. The fourth-order valence-electron chi connectivity index (χ4n) is 10.9. The average molecular weight is 1450 g/mol. The Morgan fingerprint density at radius 2 is 0.490 bits per heavy atom. The van der Waals surface area contributed by atoms with Crippen LogP contribution >= 0.6 is 15.6 Å². The lowest BCUT2D eigenvalue weighted by molar-refractivity contribution is -0.161. The number of aliphatic hydroxyl groups excluding tert-OH is 1. The van der Waals surface area contributed by atoms with Gasteiger partial charge in [0.1, 0.15) is 19.3 Å². The van der Waals surface area contributed by atoms with Gasteiger partial charge in [-0.05, 0) is 141 Å². The Balaban J connectivity index is 5.36. The fraction of sp³-hybridized carbons (Fsp3) is 0.802. The predicted molar refractivity (Wildman–Crippen MR) is 409 cm³/mol. The molecule has 0 spiro atoms. The van der Waals surface area contributed by atoms with Crippen LogP contribution in [0.5, 0.6) is 0 Å². The Bertz CT molecular complexity index is 2180. The van der Waals surface area contributed by atoms with E-state index in [1.54, 1.807) is 0 Å². The molecule has 0 rings (SSSR count). The highest BCUT2D eigenvalue weighted by Crippen LogP contribution is 2.45. The molecule has 0 aliphatic carbocycles. The van der Waals surface area contributed by atoms with Crippen LogP contribution in [0.1, 0.15) is 362 Å². The molecule has 582 valence electrons. The van der Waals surface area contributed by atoms with Gasteiger partial charge in [0.25, 0.3) is 0 Å². The molecule has 5 atom stereocenters. The number of aliphatic hydroxyl groups is 1. The first-order chi connectivity index (χ1) is 48.7. The van der Waals surface area contributed by atoms with Crippen LogP contribution in [-0.4, -0.2) is 96.7 Å². The van der Waals surface area contributed by atoms with Gasteiger partial charge >= 0.3 is 39.5 Å². The van der Waals surface area contributed by atoms with Crippen molar-refractivity contribution in [3.63, 3.8) is 0 Å². The zero-order chi connectivity index (χ0) is 73.2. The highest BCUT2D eigenvalue weighted by atomic mass is 31.2. The first kappa shape index (κ1) is 96.5. The van der Waals surface area contributed by atoms with E-state index < -0.39 is 97.5 Å². The van der Waals surface area contributed by atoms with Gasteiger partial charge in [-0.25, -0.2) is 9.13 Å². The number of ether oxygens (including phenoxy) is 4. The monoisotopic (exact) mass is 1450 g/mol. The summed E-state index contributed by atoms with van der Waals surface area (Å²) < 4.78 is 68.6. The van der Waals surface area contributed by atoms with E-state index in [2.05, 4.69) is 101 Å². The Kier molecular flexibility index (Phi) is 71.2. The van der Waals surface area contributed by atoms with Crippen molar-refractivity contribution < 1.29 is 80.2 Å². The van der Waals surface area contributed by atoms with Gasteiger partial charge < -0.3 is 33.8 Å². The molecule has 0 aliphatic heterocycles. The molecule has 0 saturated carbocycles. The number of phosphoric acid groups is 2. The summed E-state index contributed by atoms with van der Waals surface area (Å²) in [6.07, 6.45) is 74.4. The molecular formula is C81H146O17P2. The summed E-state index contributed by atoms with van der Waals surface area (Å²) in [6, 6.07) is 0. The van der Waals surface area contributed by atoms with Crippen LogP contribution < -0.4 is 0 Å². The minimum absolute atomic E-state index is 0.0781. The van der Waals surface area contributed by atoms with Crippen molar-refractivity contribution in [1.29, 1.82) is 0 Å². The van der Waals surface area contributed by atoms with Crippen LogP contribution in [0.4, 0.5) is 0 Å². The molecule has 0 aromatic carbocycles. The van der Waals surface area contributed by atoms with Crippen LogP contribution in [0.25, 0.3) is 0 Å². The molecule has 0 aromatic rings. The highest BCUT2D eigenvalue weighted by Gasteiger charge is 2.30. The fourth-order valence-corrected chi connectivity index (χ4v) is 12.5. The number of phosphoric ester groups is 2. The predicted octanol–water partition coefficient (Wildman–Crippen LogP) is 23.2. The number of rotatable bonds is 76. The lowest BCUT2D eigenvalue weighted by Gasteiger charge is -2.21. The molecule has 0 bridgehead atoms. The van der Waals surface area contributed by atoms with Crippen molar-refractivity contribution in [2.45, 2.75) is 380 Å². The summed E-state index contributed by atoms with van der Waals surface area (Å²) in [7, 11) is -9.95. The van der Waals surface area contributed by atoms with E-state index in [0.717, 1.165) is 180 Å². The number of carbonyl (C=O) groups is 4. The van der Waals surface area contributed by atoms with E-state index in [1.807, 2.05) is 0 Å². The normalized spacial score (nSPS) is 14.3. The molecule has 100 heavy (non-hydrogen) atoms. The third-order valence-corrected chi connectivity index (χ3v) is 19.0. The minimum Gasteiger partial charge on any atom is -0.462 e. The van der Waals surface area contributed by atoms with Crippen LogP contribution in [0, 0.1) is 0 Å². The largest absolute Gasteiger partial charge is 0.472 e. The van der Waals surface area contributed by atoms with Gasteiger partial charge in [0.05, 0.1) is 26.4 Å². The first-order valence-electron chi connectivity index (χ1n) is 40.2. The quantitative estimate of drug-likeness (QED) is 0.0169. The summed E-state index contributed by atoms with van der Waals surface area (Å²) in [5, 5.41) is 10.6. The third kappa shape index (κ3) is 72.8. The molecule has 0 heterocycles. The summed E-state index contributed by atoms with van der Waals surface area (Å²) >= 11 is 0. The molecule has 19 heteroatoms. The van der Waals surface area contributed by atoms with E-state index in [-0.39, 0.29) is 25.7 Å². The summed E-state index contributed by atoms with van der Waals surface area (Å²) in [6.45, 7) is 4.82. The van der Waals surface area contributed by atoms with Gasteiger partial charge in [-0.2, -0.15) is 0 Å². The van der Waals surface area contributed by atoms with Crippen LogP contribution in [0.2, 0.25) is 0 Å². The Hall–Kier alpha value is -3.50. The van der Waals surface area contributed by atoms with E-state index in [9.17, 15) is 43.2 Å². The zero-order valence-electron chi connectivity index (χ0n) is 63.6. The Morgan fingerprint density at radius 1 is 0.280 bits per heavy atom. The van der Waals surface area contributed by atoms with Crippen molar-refractivity contribution in [2.75, 3.05) is 39.6 Å². The lowest BCUT2D eigenvalue weighted by atomic mass is 10.1. The van der Waals surface area contributed by atoms with Crippen molar-refractivity contribution in [2.24, 2.45) is 0 Å². The molecular weight excluding hydrogens is 1310 g/mol. The number of carbonyl (C=O) groups excluding carboxylic acids is 4. The maximum atomic E-state index is 13.1. The zero-order valence-corrected chi connectivity index (χ0v) is 65.4. The molecule has 0 aliphatic rings. The van der Waals surface area contributed by atoms with Crippen LogP contribution in [-0.2, 0) is 65.4 Å². The second-order valence-electron chi connectivity index (χ2n) is 27.0. The molecule has 0 aromatic heterocycles. The van der Waals surface area contributed by atoms with Crippen LogP contribution in [0.3, 0.4) is 0 Å².